The predicted octanol–water partition coefficient (Wildman–Crippen LogP) is 0.881. The first-order valence-corrected chi connectivity index (χ1v) is 10.0. The minimum atomic E-state index is 0.0364. The van der Waals surface area contributed by atoms with Crippen molar-refractivity contribution in [2.45, 2.75) is 38.1 Å². The minimum absolute atomic E-state index is 0.0364. The molecule has 0 saturated heterocycles. The number of rotatable bonds is 8. The summed E-state index contributed by atoms with van der Waals surface area (Å²) in [5.41, 5.74) is 4.01. The molecule has 0 N–H and O–H groups in total. The summed E-state index contributed by atoms with van der Waals surface area (Å²) in [5.74, 6) is 0.741. The highest BCUT2D eigenvalue weighted by Gasteiger charge is 2.12. The standard InChI is InChI=1S/C12H30N2Si2/c1-11(2)10-15-8-7-9-16-12(13(3)4)14(5)6/h10,12H,7-9,15-16H2,1-6H3. The van der Waals surface area contributed by atoms with Crippen molar-refractivity contribution in [1.29, 1.82) is 0 Å². The molecule has 0 aliphatic heterocycles. The second-order valence-corrected chi connectivity index (χ2v) is 9.03. The Labute approximate surface area is 107 Å². The molecule has 4 heteroatoms. The number of allylic oxidation sites excluding steroid dienone is 1. The van der Waals surface area contributed by atoms with Crippen LogP contribution >= 0.6 is 0 Å². The van der Waals surface area contributed by atoms with Crippen LogP contribution in [0.15, 0.2) is 11.3 Å². The number of hydrogen-bond acceptors (Lipinski definition) is 2. The zero-order valence-electron chi connectivity index (χ0n) is 12.1. The lowest BCUT2D eigenvalue weighted by atomic mass is 10.4. The van der Waals surface area contributed by atoms with Gasteiger partial charge in [-0.05, 0) is 42.0 Å². The van der Waals surface area contributed by atoms with Crippen LogP contribution in [0.3, 0.4) is 0 Å². The molecule has 0 aromatic rings. The van der Waals surface area contributed by atoms with Crippen LogP contribution in [-0.4, -0.2) is 62.8 Å². The Balaban J connectivity index is 3.60. The summed E-state index contributed by atoms with van der Waals surface area (Å²) >= 11 is 0. The van der Waals surface area contributed by atoms with Gasteiger partial charge in [0, 0.05) is 15.3 Å². The van der Waals surface area contributed by atoms with Crippen molar-refractivity contribution in [3.8, 4) is 0 Å². The summed E-state index contributed by atoms with van der Waals surface area (Å²) in [4.78, 5) is 4.75. The third-order valence-corrected chi connectivity index (χ3v) is 7.81. The minimum Gasteiger partial charge on any atom is -0.297 e. The SMILES string of the molecule is CC(C)=C[SiH2]CCC[SiH2]C(N(C)C)N(C)C. The second kappa shape index (κ2) is 9.16. The second-order valence-electron chi connectivity index (χ2n) is 5.33. The highest BCUT2D eigenvalue weighted by atomic mass is 28.2. The molecule has 0 saturated carbocycles. The quantitative estimate of drug-likeness (QED) is 0.362. The van der Waals surface area contributed by atoms with Crippen LogP contribution in [0.5, 0.6) is 0 Å². The Kier molecular flexibility index (Phi) is 9.21. The summed E-state index contributed by atoms with van der Waals surface area (Å²) < 4.78 is 0. The molecule has 0 aliphatic rings. The first kappa shape index (κ1) is 16.1. The molecule has 0 fully saturated rings. The molecule has 16 heavy (non-hydrogen) atoms. The van der Waals surface area contributed by atoms with Gasteiger partial charge in [0.25, 0.3) is 0 Å². The van der Waals surface area contributed by atoms with Crippen molar-refractivity contribution >= 4 is 19.0 Å². The third kappa shape index (κ3) is 8.27. The molecule has 0 aromatic heterocycles. The summed E-state index contributed by atoms with van der Waals surface area (Å²) in [6.45, 7) is 4.44. The molecule has 0 bridgehead atoms. The average Bonchev–Trinajstić information content (AvgIpc) is 2.14. The van der Waals surface area contributed by atoms with Gasteiger partial charge in [-0.2, -0.15) is 0 Å². The highest BCUT2D eigenvalue weighted by molar-refractivity contribution is 6.42. The first-order chi connectivity index (χ1) is 7.45. The van der Waals surface area contributed by atoms with E-state index in [9.17, 15) is 0 Å². The van der Waals surface area contributed by atoms with E-state index in [1.54, 1.807) is 0 Å². The van der Waals surface area contributed by atoms with Gasteiger partial charge in [0.2, 0.25) is 0 Å². The molecule has 0 aromatic carbocycles. The molecular weight excluding hydrogens is 228 g/mol. The van der Waals surface area contributed by atoms with Crippen LogP contribution in [0.1, 0.15) is 20.3 Å². The normalized spacial score (nSPS) is 13.1. The molecule has 0 aliphatic carbocycles. The lowest BCUT2D eigenvalue weighted by molar-refractivity contribution is 0.200. The molecule has 0 rings (SSSR count). The van der Waals surface area contributed by atoms with Crippen LogP contribution in [0.2, 0.25) is 12.1 Å². The van der Waals surface area contributed by atoms with Gasteiger partial charge in [-0.15, -0.1) is 5.70 Å². The van der Waals surface area contributed by atoms with Gasteiger partial charge in [-0.1, -0.05) is 24.1 Å². The summed E-state index contributed by atoms with van der Waals surface area (Å²) in [5, 5.41) is 0. The Hall–Kier alpha value is 0.0938. The van der Waals surface area contributed by atoms with Gasteiger partial charge in [0.05, 0.1) is 9.52 Å². The molecule has 0 unspecified atom stereocenters. The Morgan fingerprint density at radius 3 is 2.06 bits per heavy atom. The Morgan fingerprint density at radius 2 is 1.62 bits per heavy atom. The van der Waals surface area contributed by atoms with Crippen LogP contribution < -0.4 is 0 Å². The van der Waals surface area contributed by atoms with Crippen molar-refractivity contribution in [2.75, 3.05) is 28.2 Å². The summed E-state index contributed by atoms with van der Waals surface area (Å²) in [6, 6.07) is 3.01. The predicted molar refractivity (Wildman–Crippen MR) is 81.9 cm³/mol. The van der Waals surface area contributed by atoms with Crippen molar-refractivity contribution in [2.24, 2.45) is 0 Å². The molecular formula is C12H30N2Si2. The molecule has 0 atom stereocenters. The van der Waals surface area contributed by atoms with E-state index in [4.69, 9.17) is 0 Å². The molecule has 0 heterocycles. The van der Waals surface area contributed by atoms with E-state index in [2.05, 4.69) is 57.5 Å². The Bertz CT molecular complexity index is 191. The lowest BCUT2D eigenvalue weighted by Gasteiger charge is -2.30. The van der Waals surface area contributed by atoms with Gasteiger partial charge < -0.3 is 0 Å². The van der Waals surface area contributed by atoms with E-state index in [0.29, 0.717) is 0 Å². The van der Waals surface area contributed by atoms with Crippen molar-refractivity contribution in [3.63, 3.8) is 0 Å². The molecule has 0 spiro atoms. The van der Waals surface area contributed by atoms with Crippen LogP contribution in [-0.2, 0) is 0 Å². The maximum atomic E-state index is 2.50. The van der Waals surface area contributed by atoms with Crippen LogP contribution in [0.25, 0.3) is 0 Å². The van der Waals surface area contributed by atoms with E-state index < -0.39 is 0 Å². The van der Waals surface area contributed by atoms with Gasteiger partial charge in [-0.3, -0.25) is 9.80 Å². The summed E-state index contributed by atoms with van der Waals surface area (Å²) in [6.07, 6.45) is 1.47. The van der Waals surface area contributed by atoms with Gasteiger partial charge in [-0.25, -0.2) is 0 Å². The highest BCUT2D eigenvalue weighted by Crippen LogP contribution is 2.03. The third-order valence-electron chi connectivity index (χ3n) is 2.91. The van der Waals surface area contributed by atoms with E-state index in [1.165, 1.54) is 24.1 Å². The van der Waals surface area contributed by atoms with E-state index in [1.807, 2.05) is 0 Å². The number of hydrogen-bond donors (Lipinski definition) is 0. The smallest absolute Gasteiger partial charge is 0.0591 e. The fourth-order valence-electron chi connectivity index (χ4n) is 2.02. The number of nitrogens with zero attached hydrogens (tertiary/aromatic N) is 2. The fraction of sp³-hybridized carbons (Fsp3) is 0.833. The van der Waals surface area contributed by atoms with Crippen LogP contribution in [0.4, 0.5) is 0 Å². The van der Waals surface area contributed by atoms with E-state index in [-0.39, 0.29) is 19.0 Å². The average molecular weight is 259 g/mol. The molecule has 0 amide bonds. The zero-order valence-corrected chi connectivity index (χ0v) is 14.9. The maximum Gasteiger partial charge on any atom is 0.0591 e. The lowest BCUT2D eigenvalue weighted by Crippen LogP contribution is -2.44. The van der Waals surface area contributed by atoms with E-state index in [0.717, 1.165) is 5.79 Å². The monoisotopic (exact) mass is 258 g/mol. The van der Waals surface area contributed by atoms with Crippen molar-refractivity contribution in [3.05, 3.63) is 11.3 Å². The largest absolute Gasteiger partial charge is 0.297 e. The van der Waals surface area contributed by atoms with Gasteiger partial charge in [0.1, 0.15) is 0 Å². The Morgan fingerprint density at radius 1 is 1.06 bits per heavy atom. The molecule has 0 radical (unpaired) electrons. The van der Waals surface area contributed by atoms with Crippen LogP contribution in [0, 0.1) is 0 Å². The zero-order chi connectivity index (χ0) is 12.6. The fourth-order valence-corrected chi connectivity index (χ4v) is 6.19. The van der Waals surface area contributed by atoms with Gasteiger partial charge in [0.15, 0.2) is 0 Å². The summed E-state index contributed by atoms with van der Waals surface area (Å²) in [7, 11) is 8.97. The van der Waals surface area contributed by atoms with Crippen molar-refractivity contribution in [1.82, 2.24) is 9.80 Å². The molecule has 96 valence electrons. The van der Waals surface area contributed by atoms with Crippen molar-refractivity contribution < 1.29 is 0 Å². The first-order valence-electron chi connectivity index (χ1n) is 6.41. The maximum absolute atomic E-state index is 2.50. The van der Waals surface area contributed by atoms with E-state index >= 15 is 0 Å². The topological polar surface area (TPSA) is 6.48 Å². The van der Waals surface area contributed by atoms with Gasteiger partial charge >= 0.3 is 0 Å². The molecule has 2 nitrogen and oxygen atoms in total.